The van der Waals surface area contributed by atoms with Crippen molar-refractivity contribution >= 4 is 11.6 Å². The highest BCUT2D eigenvalue weighted by atomic mass is 35.5. The first-order chi connectivity index (χ1) is 7.67. The van der Waals surface area contributed by atoms with Gasteiger partial charge in [-0.05, 0) is 24.6 Å². The van der Waals surface area contributed by atoms with Gasteiger partial charge in [0.25, 0.3) is 0 Å². The van der Waals surface area contributed by atoms with Crippen molar-refractivity contribution in [2.24, 2.45) is 0 Å². The van der Waals surface area contributed by atoms with Crippen LogP contribution in [0.5, 0.6) is 0 Å². The number of hydrogen-bond acceptors (Lipinski definition) is 2. The fraction of sp³-hybridized carbons (Fsp3) is 0.417. The number of benzene rings is 1. The molecule has 0 amide bonds. The highest BCUT2D eigenvalue weighted by molar-refractivity contribution is 6.30. The van der Waals surface area contributed by atoms with Gasteiger partial charge in [0.1, 0.15) is 5.82 Å². The van der Waals surface area contributed by atoms with Crippen molar-refractivity contribution in [2.75, 3.05) is 0 Å². The highest BCUT2D eigenvalue weighted by Crippen LogP contribution is 2.15. The van der Waals surface area contributed by atoms with Crippen LogP contribution in [0, 0.1) is 17.1 Å². The number of rotatable bonds is 5. The predicted octanol–water partition coefficient (Wildman–Crippen LogP) is 3.26. The maximum Gasteiger partial charge on any atom is 0.127 e. The lowest BCUT2D eigenvalue weighted by Crippen LogP contribution is -2.27. The maximum absolute atomic E-state index is 13.3. The molecule has 1 unspecified atom stereocenters. The topological polar surface area (TPSA) is 35.8 Å². The minimum absolute atomic E-state index is 0.100. The molecule has 0 heterocycles. The second kappa shape index (κ2) is 6.47. The fourth-order valence-electron chi connectivity index (χ4n) is 1.40. The average Bonchev–Trinajstić information content (AvgIpc) is 2.28. The smallest absolute Gasteiger partial charge is 0.127 e. The van der Waals surface area contributed by atoms with E-state index < -0.39 is 0 Å². The summed E-state index contributed by atoms with van der Waals surface area (Å²) in [4.78, 5) is 0. The molecule has 2 nitrogen and oxygen atoms in total. The Hall–Kier alpha value is -1.11. The fourth-order valence-corrected chi connectivity index (χ4v) is 1.60. The molecule has 0 fully saturated rings. The second-order valence-corrected chi connectivity index (χ2v) is 4.02. The number of hydrogen-bond donors (Lipinski definition) is 1. The number of nitriles is 1. The van der Waals surface area contributed by atoms with Gasteiger partial charge in [-0.3, -0.25) is 0 Å². The Labute approximate surface area is 100 Å². The van der Waals surface area contributed by atoms with E-state index in [1.165, 1.54) is 12.1 Å². The standard InChI is InChI=1S/C12H14ClFN2/c1-2-11(5-6-15)16-8-9-7-10(13)3-4-12(9)14/h3-4,7,11,16H,2,5,8H2,1H3. The van der Waals surface area contributed by atoms with Crippen LogP contribution in [0.25, 0.3) is 0 Å². The van der Waals surface area contributed by atoms with E-state index in [4.69, 9.17) is 16.9 Å². The van der Waals surface area contributed by atoms with E-state index in [1.54, 1.807) is 6.07 Å². The van der Waals surface area contributed by atoms with Crippen molar-refractivity contribution in [1.82, 2.24) is 5.32 Å². The first kappa shape index (κ1) is 13.0. The third kappa shape index (κ3) is 3.80. The minimum Gasteiger partial charge on any atom is -0.309 e. The third-order valence-electron chi connectivity index (χ3n) is 2.42. The van der Waals surface area contributed by atoms with Crippen molar-refractivity contribution in [3.8, 4) is 6.07 Å². The summed E-state index contributed by atoms with van der Waals surface area (Å²) in [5, 5.41) is 12.2. The molecule has 1 atom stereocenters. The van der Waals surface area contributed by atoms with Crippen LogP contribution in [0.2, 0.25) is 5.02 Å². The van der Waals surface area contributed by atoms with Gasteiger partial charge < -0.3 is 5.32 Å². The van der Waals surface area contributed by atoms with Crippen LogP contribution < -0.4 is 5.32 Å². The molecule has 1 rings (SSSR count). The molecular formula is C12H14ClFN2. The molecule has 0 aliphatic rings. The number of halogens is 2. The summed E-state index contributed by atoms with van der Waals surface area (Å²) in [6.07, 6.45) is 1.27. The summed E-state index contributed by atoms with van der Waals surface area (Å²) in [6.45, 7) is 2.38. The molecular weight excluding hydrogens is 227 g/mol. The van der Waals surface area contributed by atoms with E-state index in [9.17, 15) is 4.39 Å². The average molecular weight is 241 g/mol. The number of nitrogens with zero attached hydrogens (tertiary/aromatic N) is 1. The normalized spacial score (nSPS) is 12.1. The lowest BCUT2D eigenvalue weighted by atomic mass is 10.1. The Morgan fingerprint density at radius 2 is 2.31 bits per heavy atom. The molecule has 1 N–H and O–H groups in total. The zero-order valence-corrected chi connectivity index (χ0v) is 9.89. The van der Waals surface area contributed by atoms with E-state index in [2.05, 4.69) is 11.4 Å². The van der Waals surface area contributed by atoms with Crippen LogP contribution in [0.15, 0.2) is 18.2 Å². The summed E-state index contributed by atoms with van der Waals surface area (Å²) in [6, 6.07) is 6.67. The van der Waals surface area contributed by atoms with Gasteiger partial charge in [0.15, 0.2) is 0 Å². The van der Waals surface area contributed by atoms with E-state index in [0.29, 0.717) is 23.6 Å². The van der Waals surface area contributed by atoms with Gasteiger partial charge in [-0.1, -0.05) is 18.5 Å². The molecule has 0 spiro atoms. The van der Waals surface area contributed by atoms with Crippen molar-refractivity contribution < 1.29 is 4.39 Å². The van der Waals surface area contributed by atoms with Gasteiger partial charge in [-0.25, -0.2) is 4.39 Å². The molecule has 0 aliphatic carbocycles. The summed E-state index contributed by atoms with van der Waals surface area (Å²) >= 11 is 5.78. The van der Waals surface area contributed by atoms with Gasteiger partial charge in [0.05, 0.1) is 12.5 Å². The van der Waals surface area contributed by atoms with Gasteiger partial charge >= 0.3 is 0 Å². The Morgan fingerprint density at radius 3 is 2.94 bits per heavy atom. The molecule has 1 aromatic rings. The minimum atomic E-state index is -0.274. The molecule has 4 heteroatoms. The Balaban J connectivity index is 2.60. The quantitative estimate of drug-likeness (QED) is 0.858. The summed E-state index contributed by atoms with van der Waals surface area (Å²) in [5.74, 6) is -0.274. The van der Waals surface area contributed by atoms with Crippen molar-refractivity contribution in [3.05, 3.63) is 34.6 Å². The molecule has 0 aromatic heterocycles. The van der Waals surface area contributed by atoms with Crippen molar-refractivity contribution in [3.63, 3.8) is 0 Å². The lowest BCUT2D eigenvalue weighted by molar-refractivity contribution is 0.493. The van der Waals surface area contributed by atoms with Gasteiger partial charge in [-0.2, -0.15) is 5.26 Å². The first-order valence-electron chi connectivity index (χ1n) is 5.21. The largest absolute Gasteiger partial charge is 0.309 e. The van der Waals surface area contributed by atoms with Crippen LogP contribution in [0.3, 0.4) is 0 Å². The van der Waals surface area contributed by atoms with E-state index >= 15 is 0 Å². The summed E-state index contributed by atoms with van der Waals surface area (Å²) in [5.41, 5.74) is 0.531. The van der Waals surface area contributed by atoms with Crippen molar-refractivity contribution in [1.29, 1.82) is 5.26 Å². The number of nitrogens with one attached hydrogen (secondary N) is 1. The molecule has 0 bridgehead atoms. The molecule has 86 valence electrons. The van der Waals surface area contributed by atoms with Gasteiger partial charge in [0.2, 0.25) is 0 Å². The van der Waals surface area contributed by atoms with Crippen LogP contribution in [-0.4, -0.2) is 6.04 Å². The first-order valence-corrected chi connectivity index (χ1v) is 5.59. The van der Waals surface area contributed by atoms with E-state index in [0.717, 1.165) is 6.42 Å². The molecule has 16 heavy (non-hydrogen) atoms. The van der Waals surface area contributed by atoms with Gasteiger partial charge in [-0.15, -0.1) is 0 Å². The lowest BCUT2D eigenvalue weighted by Gasteiger charge is -2.13. The molecule has 0 saturated heterocycles. The Morgan fingerprint density at radius 1 is 1.56 bits per heavy atom. The SMILES string of the molecule is CCC(CC#N)NCc1cc(Cl)ccc1F. The highest BCUT2D eigenvalue weighted by Gasteiger charge is 2.07. The van der Waals surface area contributed by atoms with Crippen LogP contribution >= 0.6 is 11.6 Å². The molecule has 0 saturated carbocycles. The summed E-state index contributed by atoms with van der Waals surface area (Å²) < 4.78 is 13.3. The molecule has 1 aromatic carbocycles. The van der Waals surface area contributed by atoms with Crippen LogP contribution in [0.4, 0.5) is 4.39 Å². The van der Waals surface area contributed by atoms with E-state index in [1.807, 2.05) is 6.92 Å². The third-order valence-corrected chi connectivity index (χ3v) is 2.65. The zero-order chi connectivity index (χ0) is 12.0. The summed E-state index contributed by atoms with van der Waals surface area (Å²) in [7, 11) is 0. The zero-order valence-electron chi connectivity index (χ0n) is 9.13. The van der Waals surface area contributed by atoms with Crippen molar-refractivity contribution in [2.45, 2.75) is 32.4 Å². The monoisotopic (exact) mass is 240 g/mol. The Kier molecular flexibility index (Phi) is 5.24. The molecule has 0 aliphatic heterocycles. The predicted molar refractivity (Wildman–Crippen MR) is 62.6 cm³/mol. The maximum atomic E-state index is 13.3. The van der Waals surface area contributed by atoms with Crippen LogP contribution in [0.1, 0.15) is 25.3 Å². The second-order valence-electron chi connectivity index (χ2n) is 3.58. The van der Waals surface area contributed by atoms with Gasteiger partial charge in [0, 0.05) is 23.2 Å². The van der Waals surface area contributed by atoms with Crippen LogP contribution in [-0.2, 0) is 6.54 Å². The Bertz CT molecular complexity index is 387. The van der Waals surface area contributed by atoms with E-state index in [-0.39, 0.29) is 11.9 Å². The molecule has 0 radical (unpaired) electrons.